The summed E-state index contributed by atoms with van der Waals surface area (Å²) in [7, 11) is 0. The first-order valence-electron chi connectivity index (χ1n) is 6.26. The second-order valence-corrected chi connectivity index (χ2v) is 6.28. The van der Waals surface area contributed by atoms with E-state index >= 15 is 0 Å². The van der Waals surface area contributed by atoms with E-state index in [0.29, 0.717) is 11.5 Å². The van der Waals surface area contributed by atoms with Gasteiger partial charge in [-0.3, -0.25) is 0 Å². The number of unbranched alkanes of at least 4 members (excludes halogenated alkanes) is 1. The lowest BCUT2D eigenvalue weighted by Gasteiger charge is -2.38. The summed E-state index contributed by atoms with van der Waals surface area (Å²) in [6.45, 7) is 8.01. The Morgan fingerprint density at radius 2 is 2.00 bits per heavy atom. The summed E-state index contributed by atoms with van der Waals surface area (Å²) in [5.41, 5.74) is 0.478. The third-order valence-corrected chi connectivity index (χ3v) is 3.57. The van der Waals surface area contributed by atoms with E-state index in [1.54, 1.807) is 0 Å². The smallest absolute Gasteiger partial charge is 0.0582 e. The second kappa shape index (κ2) is 6.15. The molecule has 0 saturated heterocycles. The predicted octanol–water partition coefficient (Wildman–Crippen LogP) is 3.93. The average molecular weight is 230 g/mol. The number of hydrogen-bond donors (Lipinski definition) is 1. The minimum atomic E-state index is 0.478. The summed E-state index contributed by atoms with van der Waals surface area (Å²) in [5, 5.41) is 0. The van der Waals surface area contributed by atoms with E-state index < -0.39 is 0 Å². The van der Waals surface area contributed by atoms with Crippen LogP contribution in [0.4, 0.5) is 0 Å². The zero-order chi connectivity index (χ0) is 11.3. The summed E-state index contributed by atoms with van der Waals surface area (Å²) in [4.78, 5) is 0. The molecule has 1 nitrogen and oxygen atoms in total. The van der Waals surface area contributed by atoms with Crippen molar-refractivity contribution in [3.63, 3.8) is 0 Å². The fraction of sp³-hybridized carbons (Fsp3) is 1.00. The monoisotopic (exact) mass is 230 g/mol. The van der Waals surface area contributed by atoms with Gasteiger partial charge < -0.3 is 4.74 Å². The Morgan fingerprint density at radius 1 is 1.27 bits per heavy atom. The molecule has 2 heteroatoms. The van der Waals surface area contributed by atoms with Gasteiger partial charge in [0.1, 0.15) is 0 Å². The average Bonchev–Trinajstić information content (AvgIpc) is 2.09. The van der Waals surface area contributed by atoms with Gasteiger partial charge >= 0.3 is 0 Å². The van der Waals surface area contributed by atoms with Crippen molar-refractivity contribution in [2.45, 2.75) is 59.0 Å². The van der Waals surface area contributed by atoms with Gasteiger partial charge in [0.15, 0.2) is 0 Å². The highest BCUT2D eigenvalue weighted by Gasteiger charge is 2.32. The molecule has 1 aliphatic rings. The van der Waals surface area contributed by atoms with Crippen molar-refractivity contribution in [2.75, 3.05) is 12.4 Å². The highest BCUT2D eigenvalue weighted by atomic mass is 32.1. The Bertz CT molecular complexity index is 179. The summed E-state index contributed by atoms with van der Waals surface area (Å²) < 4.78 is 5.96. The summed E-state index contributed by atoms with van der Waals surface area (Å²) in [6.07, 6.45) is 6.68. The molecule has 0 heterocycles. The topological polar surface area (TPSA) is 9.23 Å². The van der Waals surface area contributed by atoms with Crippen LogP contribution in [0.5, 0.6) is 0 Å². The minimum Gasteiger partial charge on any atom is -0.378 e. The molecule has 0 aromatic rings. The number of hydrogen-bond acceptors (Lipinski definition) is 2. The normalized spacial score (nSPS) is 30.4. The Morgan fingerprint density at radius 3 is 2.60 bits per heavy atom. The summed E-state index contributed by atoms with van der Waals surface area (Å²) >= 11 is 4.21. The zero-order valence-electron chi connectivity index (χ0n) is 10.5. The number of rotatable bonds is 5. The van der Waals surface area contributed by atoms with E-state index in [2.05, 4.69) is 33.4 Å². The van der Waals surface area contributed by atoms with Gasteiger partial charge in [0, 0.05) is 6.61 Å². The standard InChI is InChI=1S/C13H26OS/c1-11-8-12(10-13(2,3)9-11)14-6-4-5-7-15/h11-12,15H,4-10H2,1-3H3. The minimum absolute atomic E-state index is 0.478. The highest BCUT2D eigenvalue weighted by Crippen LogP contribution is 2.39. The van der Waals surface area contributed by atoms with Gasteiger partial charge in [0.2, 0.25) is 0 Å². The lowest BCUT2D eigenvalue weighted by molar-refractivity contribution is -0.0236. The van der Waals surface area contributed by atoms with E-state index in [9.17, 15) is 0 Å². The SMILES string of the molecule is CC1CC(OCCCCS)CC(C)(C)C1. The Labute approximate surface area is 100 Å². The third-order valence-electron chi connectivity index (χ3n) is 3.25. The molecule has 0 spiro atoms. The summed E-state index contributed by atoms with van der Waals surface area (Å²) in [5.74, 6) is 1.80. The van der Waals surface area contributed by atoms with Crippen LogP contribution in [-0.4, -0.2) is 18.5 Å². The molecule has 0 aliphatic heterocycles. The highest BCUT2D eigenvalue weighted by molar-refractivity contribution is 7.80. The largest absolute Gasteiger partial charge is 0.378 e. The van der Waals surface area contributed by atoms with Crippen LogP contribution in [0.1, 0.15) is 52.9 Å². The molecule has 0 aromatic heterocycles. The van der Waals surface area contributed by atoms with Crippen molar-refractivity contribution in [1.29, 1.82) is 0 Å². The lowest BCUT2D eigenvalue weighted by atomic mass is 9.71. The first-order chi connectivity index (χ1) is 7.03. The molecule has 0 N–H and O–H groups in total. The van der Waals surface area contributed by atoms with Crippen LogP contribution in [0.25, 0.3) is 0 Å². The van der Waals surface area contributed by atoms with Crippen LogP contribution in [0, 0.1) is 11.3 Å². The van der Waals surface area contributed by atoms with Crippen LogP contribution in [0.2, 0.25) is 0 Å². The van der Waals surface area contributed by atoms with Gasteiger partial charge in [0.05, 0.1) is 6.10 Å². The summed E-state index contributed by atoms with van der Waals surface area (Å²) in [6, 6.07) is 0. The van der Waals surface area contributed by atoms with Gasteiger partial charge in [-0.2, -0.15) is 12.6 Å². The maximum Gasteiger partial charge on any atom is 0.0582 e. The van der Waals surface area contributed by atoms with Gasteiger partial charge in [-0.1, -0.05) is 20.8 Å². The maximum absolute atomic E-state index is 5.96. The van der Waals surface area contributed by atoms with E-state index in [4.69, 9.17) is 4.74 Å². The van der Waals surface area contributed by atoms with Gasteiger partial charge in [-0.15, -0.1) is 0 Å². The van der Waals surface area contributed by atoms with E-state index in [1.807, 2.05) is 0 Å². The van der Waals surface area contributed by atoms with Crippen LogP contribution in [0.15, 0.2) is 0 Å². The van der Waals surface area contributed by atoms with E-state index in [-0.39, 0.29) is 0 Å². The molecule has 1 fully saturated rings. The molecule has 0 amide bonds. The molecule has 2 atom stereocenters. The molecular weight excluding hydrogens is 204 g/mol. The van der Waals surface area contributed by atoms with Crippen LogP contribution in [0.3, 0.4) is 0 Å². The second-order valence-electron chi connectivity index (χ2n) is 5.84. The number of thiol groups is 1. The van der Waals surface area contributed by atoms with Crippen LogP contribution < -0.4 is 0 Å². The zero-order valence-corrected chi connectivity index (χ0v) is 11.4. The molecule has 1 rings (SSSR count). The Kier molecular flexibility index (Phi) is 5.48. The molecule has 1 saturated carbocycles. The quantitative estimate of drug-likeness (QED) is 0.556. The molecule has 1 aliphatic carbocycles. The fourth-order valence-electron chi connectivity index (χ4n) is 2.85. The van der Waals surface area contributed by atoms with Gasteiger partial charge in [-0.25, -0.2) is 0 Å². The molecule has 2 unspecified atom stereocenters. The van der Waals surface area contributed by atoms with E-state index in [0.717, 1.165) is 24.7 Å². The Hall–Kier alpha value is 0.310. The first kappa shape index (κ1) is 13.4. The molecule has 0 bridgehead atoms. The van der Waals surface area contributed by atoms with Crippen LogP contribution in [-0.2, 0) is 4.74 Å². The predicted molar refractivity (Wildman–Crippen MR) is 69.6 cm³/mol. The Balaban J connectivity index is 2.23. The van der Waals surface area contributed by atoms with Crippen molar-refractivity contribution in [2.24, 2.45) is 11.3 Å². The maximum atomic E-state index is 5.96. The fourth-order valence-corrected chi connectivity index (χ4v) is 3.07. The van der Waals surface area contributed by atoms with Crippen molar-refractivity contribution in [3.05, 3.63) is 0 Å². The third kappa shape index (κ3) is 5.26. The molecular formula is C13H26OS. The van der Waals surface area contributed by atoms with Gasteiger partial charge in [-0.05, 0) is 49.2 Å². The molecule has 0 aromatic carbocycles. The van der Waals surface area contributed by atoms with Crippen molar-refractivity contribution < 1.29 is 4.74 Å². The lowest BCUT2D eigenvalue weighted by Crippen LogP contribution is -2.32. The van der Waals surface area contributed by atoms with Gasteiger partial charge in [0.25, 0.3) is 0 Å². The van der Waals surface area contributed by atoms with Crippen molar-refractivity contribution in [3.8, 4) is 0 Å². The van der Waals surface area contributed by atoms with Crippen molar-refractivity contribution >= 4 is 12.6 Å². The number of ether oxygens (including phenoxy) is 1. The molecule has 15 heavy (non-hydrogen) atoms. The van der Waals surface area contributed by atoms with Crippen molar-refractivity contribution in [1.82, 2.24) is 0 Å². The van der Waals surface area contributed by atoms with Crippen LogP contribution >= 0.6 is 12.6 Å². The molecule has 0 radical (unpaired) electrons. The van der Waals surface area contributed by atoms with E-state index in [1.165, 1.54) is 25.7 Å². The molecule has 90 valence electrons. The first-order valence-corrected chi connectivity index (χ1v) is 6.89.